The quantitative estimate of drug-likeness (QED) is 0.311. The second kappa shape index (κ2) is 10.2. The maximum Gasteiger partial charge on any atom is 0.335 e. The number of aryl methyl sites for hydroxylation is 1. The Balaban J connectivity index is 1.56. The highest BCUT2D eigenvalue weighted by Crippen LogP contribution is 2.26. The highest BCUT2D eigenvalue weighted by atomic mass is 79.9. The third-order valence-electron chi connectivity index (χ3n) is 5.04. The van der Waals surface area contributed by atoms with Gasteiger partial charge in [0.25, 0.3) is 5.56 Å². The van der Waals surface area contributed by atoms with Crippen LogP contribution in [0.2, 0.25) is 5.02 Å². The molecule has 4 aromatic rings. The summed E-state index contributed by atoms with van der Waals surface area (Å²) in [4.78, 5) is 28.7. The van der Waals surface area contributed by atoms with Crippen molar-refractivity contribution in [3.8, 4) is 5.75 Å². The van der Waals surface area contributed by atoms with E-state index < -0.39 is 5.97 Å². The predicted octanol–water partition coefficient (Wildman–Crippen LogP) is 5.53. The molecule has 0 aliphatic heterocycles. The van der Waals surface area contributed by atoms with Gasteiger partial charge in [-0.05, 0) is 59.7 Å². The van der Waals surface area contributed by atoms with Crippen molar-refractivity contribution in [1.29, 1.82) is 0 Å². The van der Waals surface area contributed by atoms with Gasteiger partial charge in [0, 0.05) is 10.9 Å². The van der Waals surface area contributed by atoms with Crippen LogP contribution in [0.5, 0.6) is 5.75 Å². The topological polar surface area (TPSA) is 93.8 Å². The van der Waals surface area contributed by atoms with Crippen LogP contribution in [-0.2, 0) is 13.0 Å². The molecule has 0 spiro atoms. The molecule has 0 unspecified atom stereocenters. The zero-order valence-electron chi connectivity index (χ0n) is 18.0. The molecule has 172 valence electrons. The summed E-state index contributed by atoms with van der Waals surface area (Å²) in [7, 11) is 0. The molecule has 3 aromatic carbocycles. The summed E-state index contributed by atoms with van der Waals surface area (Å²) in [5.41, 5.74) is 1.94. The maximum atomic E-state index is 13.0. The van der Waals surface area contributed by atoms with Crippen LogP contribution in [0.25, 0.3) is 10.9 Å². The Labute approximate surface area is 208 Å². The molecule has 0 atom stereocenters. The maximum absolute atomic E-state index is 13.0. The van der Waals surface area contributed by atoms with Crippen molar-refractivity contribution in [3.05, 3.63) is 103 Å². The van der Waals surface area contributed by atoms with Gasteiger partial charge in [0.15, 0.2) is 0 Å². The van der Waals surface area contributed by atoms with Crippen molar-refractivity contribution in [2.45, 2.75) is 20.0 Å². The van der Waals surface area contributed by atoms with Crippen LogP contribution >= 0.6 is 27.5 Å². The van der Waals surface area contributed by atoms with Crippen molar-refractivity contribution in [3.63, 3.8) is 0 Å². The number of fused-ring (bicyclic) bond motifs is 1. The summed E-state index contributed by atoms with van der Waals surface area (Å²) >= 11 is 9.77. The Morgan fingerprint density at radius 3 is 2.76 bits per heavy atom. The standard InChI is InChI=1S/C25H19BrClN3O4/c1-2-23-29-21-8-7-18(26)12-19(21)24(31)30(23)28-13-15-6-9-22(20(27)11-15)34-14-16-4-3-5-17(10-16)25(32)33/h3-13H,2,14H2,1H3,(H,32,33). The average Bonchev–Trinajstić information content (AvgIpc) is 2.83. The normalized spacial score (nSPS) is 11.3. The number of benzene rings is 3. The molecule has 0 saturated carbocycles. The molecule has 0 amide bonds. The molecule has 0 aliphatic rings. The van der Waals surface area contributed by atoms with Crippen LogP contribution in [0.1, 0.15) is 34.2 Å². The number of rotatable bonds is 7. The number of carbonyl (C=O) groups is 1. The number of halogens is 2. The highest BCUT2D eigenvalue weighted by Gasteiger charge is 2.10. The lowest BCUT2D eigenvalue weighted by Crippen LogP contribution is -2.22. The van der Waals surface area contributed by atoms with Gasteiger partial charge in [-0.15, -0.1) is 0 Å². The number of hydrogen-bond acceptors (Lipinski definition) is 5. The molecule has 0 aliphatic carbocycles. The molecular formula is C25H19BrClN3O4. The third kappa shape index (κ3) is 5.18. The van der Waals surface area contributed by atoms with Crippen molar-refractivity contribution in [2.75, 3.05) is 0 Å². The molecule has 4 rings (SSSR count). The van der Waals surface area contributed by atoms with Crippen LogP contribution in [-0.4, -0.2) is 27.0 Å². The summed E-state index contributed by atoms with van der Waals surface area (Å²) < 4.78 is 7.83. The van der Waals surface area contributed by atoms with E-state index in [4.69, 9.17) is 21.4 Å². The van der Waals surface area contributed by atoms with E-state index >= 15 is 0 Å². The van der Waals surface area contributed by atoms with Crippen LogP contribution in [0, 0.1) is 0 Å². The number of carboxylic acids is 1. The first-order chi connectivity index (χ1) is 16.4. The molecule has 1 N–H and O–H groups in total. The monoisotopic (exact) mass is 539 g/mol. The van der Waals surface area contributed by atoms with Crippen molar-refractivity contribution < 1.29 is 14.6 Å². The first-order valence-corrected chi connectivity index (χ1v) is 11.5. The fourth-order valence-corrected chi connectivity index (χ4v) is 3.94. The van der Waals surface area contributed by atoms with Crippen molar-refractivity contribution in [1.82, 2.24) is 9.66 Å². The SMILES string of the molecule is CCc1nc2ccc(Br)cc2c(=O)n1N=Cc1ccc(OCc2cccc(C(=O)O)c2)c(Cl)c1. The fraction of sp³-hybridized carbons (Fsp3) is 0.120. The van der Waals surface area contributed by atoms with E-state index in [0.717, 1.165) is 4.47 Å². The van der Waals surface area contributed by atoms with Crippen LogP contribution in [0.3, 0.4) is 0 Å². The molecule has 0 bridgehead atoms. The van der Waals surface area contributed by atoms with Gasteiger partial charge >= 0.3 is 5.97 Å². The van der Waals surface area contributed by atoms with Crippen LogP contribution < -0.4 is 10.3 Å². The summed E-state index contributed by atoms with van der Waals surface area (Å²) in [5, 5.41) is 14.3. The lowest BCUT2D eigenvalue weighted by atomic mass is 10.1. The zero-order chi connectivity index (χ0) is 24.2. The molecule has 34 heavy (non-hydrogen) atoms. The van der Waals surface area contributed by atoms with E-state index in [1.807, 2.05) is 13.0 Å². The largest absolute Gasteiger partial charge is 0.487 e. The Morgan fingerprint density at radius 2 is 2.03 bits per heavy atom. The Bertz CT molecular complexity index is 1480. The summed E-state index contributed by atoms with van der Waals surface area (Å²) in [6.45, 7) is 2.08. The first-order valence-electron chi connectivity index (χ1n) is 10.4. The number of carboxylic acid groups (broad SMARTS) is 1. The van der Waals surface area contributed by atoms with Crippen molar-refractivity contribution in [2.24, 2.45) is 5.10 Å². The average molecular weight is 541 g/mol. The summed E-state index contributed by atoms with van der Waals surface area (Å²) in [6, 6.07) is 17.0. The van der Waals surface area contributed by atoms with Gasteiger partial charge in [-0.3, -0.25) is 4.79 Å². The molecular weight excluding hydrogens is 522 g/mol. The van der Waals surface area contributed by atoms with E-state index in [1.54, 1.807) is 48.5 Å². The molecule has 7 nitrogen and oxygen atoms in total. The number of aromatic carboxylic acids is 1. The van der Waals surface area contributed by atoms with E-state index in [1.165, 1.54) is 17.0 Å². The Hall–Kier alpha value is -3.49. The van der Waals surface area contributed by atoms with Crippen molar-refractivity contribution >= 4 is 50.6 Å². The van der Waals surface area contributed by atoms with E-state index in [-0.39, 0.29) is 17.7 Å². The number of hydrogen-bond donors (Lipinski definition) is 1. The van der Waals surface area contributed by atoms with Gasteiger partial charge in [-0.2, -0.15) is 9.78 Å². The van der Waals surface area contributed by atoms with E-state index in [2.05, 4.69) is 26.0 Å². The lowest BCUT2D eigenvalue weighted by molar-refractivity contribution is 0.0696. The Morgan fingerprint density at radius 1 is 1.21 bits per heavy atom. The molecule has 1 aromatic heterocycles. The molecule has 9 heteroatoms. The minimum Gasteiger partial charge on any atom is -0.487 e. The second-order valence-electron chi connectivity index (χ2n) is 7.39. The van der Waals surface area contributed by atoms with Crippen LogP contribution in [0.15, 0.2) is 75.0 Å². The Kier molecular flexibility index (Phi) is 7.09. The minimum absolute atomic E-state index is 0.169. The van der Waals surface area contributed by atoms with Gasteiger partial charge in [0.2, 0.25) is 0 Å². The van der Waals surface area contributed by atoms with Gasteiger partial charge in [-0.1, -0.05) is 46.6 Å². The highest BCUT2D eigenvalue weighted by molar-refractivity contribution is 9.10. The van der Waals surface area contributed by atoms with E-state index in [9.17, 15) is 9.59 Å². The van der Waals surface area contributed by atoms with Gasteiger partial charge in [0.05, 0.1) is 27.7 Å². The fourth-order valence-electron chi connectivity index (χ4n) is 3.34. The molecule has 0 saturated heterocycles. The first kappa shape index (κ1) is 23.7. The molecule has 0 radical (unpaired) electrons. The second-order valence-corrected chi connectivity index (χ2v) is 8.71. The number of nitrogens with zero attached hydrogens (tertiary/aromatic N) is 3. The predicted molar refractivity (Wildman–Crippen MR) is 135 cm³/mol. The van der Waals surface area contributed by atoms with Gasteiger partial charge < -0.3 is 9.84 Å². The van der Waals surface area contributed by atoms with Crippen LogP contribution in [0.4, 0.5) is 0 Å². The number of ether oxygens (including phenoxy) is 1. The van der Waals surface area contributed by atoms with E-state index in [0.29, 0.717) is 45.0 Å². The van der Waals surface area contributed by atoms with Gasteiger partial charge in [-0.25, -0.2) is 9.78 Å². The zero-order valence-corrected chi connectivity index (χ0v) is 20.4. The summed E-state index contributed by atoms with van der Waals surface area (Å²) in [5.74, 6) is -0.00278. The molecule has 0 fully saturated rings. The number of aromatic nitrogens is 2. The smallest absolute Gasteiger partial charge is 0.335 e. The minimum atomic E-state index is -0.997. The summed E-state index contributed by atoms with van der Waals surface area (Å²) in [6.07, 6.45) is 2.08. The third-order valence-corrected chi connectivity index (χ3v) is 5.83. The molecule has 1 heterocycles. The van der Waals surface area contributed by atoms with Gasteiger partial charge in [0.1, 0.15) is 18.2 Å². The lowest BCUT2D eigenvalue weighted by Gasteiger charge is -2.10.